The minimum Gasteiger partial charge on any atom is -0.338 e. The third kappa shape index (κ3) is 2.83. The Morgan fingerprint density at radius 2 is 2.13 bits per heavy atom. The summed E-state index contributed by atoms with van der Waals surface area (Å²) in [7, 11) is 0. The van der Waals surface area contributed by atoms with Crippen molar-refractivity contribution < 1.29 is 9.59 Å². The fourth-order valence-electron chi connectivity index (χ4n) is 2.40. The van der Waals surface area contributed by atoms with Crippen LogP contribution in [0.25, 0.3) is 5.52 Å². The number of aldehydes is 1. The molecule has 2 heterocycles. The number of hydrogen-bond acceptors (Lipinski definition) is 5. The molecule has 1 N–H and O–H groups in total. The molecule has 2 aromatic heterocycles. The number of nitrogens with zero attached hydrogens (tertiary/aromatic N) is 3. The molecule has 0 radical (unpaired) electrons. The molecule has 116 valence electrons. The SMILES string of the molecule is Cc1ccc(C(=O)I)cc1Nc1ncnn2cc(C=O)c(C)c12. The number of benzene rings is 1. The number of carbonyl (C=O) groups excluding carboxylic acids is 2. The van der Waals surface area contributed by atoms with E-state index in [0.717, 1.165) is 28.6 Å². The van der Waals surface area contributed by atoms with Crippen molar-refractivity contribution in [2.45, 2.75) is 13.8 Å². The lowest BCUT2D eigenvalue weighted by Crippen LogP contribution is -2.02. The second-order valence-electron chi connectivity index (χ2n) is 5.16. The van der Waals surface area contributed by atoms with Crippen LogP contribution in [0.3, 0.4) is 0 Å². The molecule has 0 unspecified atom stereocenters. The number of hydrogen-bond donors (Lipinski definition) is 1. The zero-order valence-electron chi connectivity index (χ0n) is 12.5. The lowest BCUT2D eigenvalue weighted by molar-refractivity contribution is 0.110. The van der Waals surface area contributed by atoms with Gasteiger partial charge in [-0.1, -0.05) is 12.1 Å². The molecular formula is C16H13IN4O2. The Bertz CT molecular complexity index is 933. The molecule has 0 saturated heterocycles. The Labute approximate surface area is 146 Å². The smallest absolute Gasteiger partial charge is 0.222 e. The number of rotatable bonds is 4. The Balaban J connectivity index is 2.12. The molecule has 0 aliphatic carbocycles. The molecule has 0 atom stereocenters. The number of aromatic nitrogens is 3. The molecule has 23 heavy (non-hydrogen) atoms. The highest BCUT2D eigenvalue weighted by Crippen LogP contribution is 2.27. The number of nitrogens with one attached hydrogen (secondary N) is 1. The van der Waals surface area contributed by atoms with E-state index in [-0.39, 0.29) is 3.79 Å². The second kappa shape index (κ2) is 6.07. The van der Waals surface area contributed by atoms with Gasteiger partial charge in [0, 0.05) is 45.6 Å². The van der Waals surface area contributed by atoms with Crippen molar-refractivity contribution >= 4 is 49.7 Å². The predicted octanol–water partition coefficient (Wildman–Crippen LogP) is 3.48. The van der Waals surface area contributed by atoms with E-state index in [0.29, 0.717) is 16.9 Å². The average molecular weight is 420 g/mol. The van der Waals surface area contributed by atoms with E-state index in [1.54, 1.807) is 45.4 Å². The van der Waals surface area contributed by atoms with E-state index in [2.05, 4.69) is 15.4 Å². The molecule has 3 aromatic rings. The Kier molecular flexibility index (Phi) is 4.12. The maximum absolute atomic E-state index is 11.6. The van der Waals surface area contributed by atoms with Crippen LogP contribution in [0.4, 0.5) is 11.5 Å². The number of anilines is 2. The highest BCUT2D eigenvalue weighted by molar-refractivity contribution is 14.1. The van der Waals surface area contributed by atoms with Crippen LogP contribution >= 0.6 is 22.6 Å². The molecule has 0 spiro atoms. The van der Waals surface area contributed by atoms with E-state index in [1.165, 1.54) is 6.33 Å². The summed E-state index contributed by atoms with van der Waals surface area (Å²) in [6, 6.07) is 5.47. The average Bonchev–Trinajstić information content (AvgIpc) is 2.86. The Hall–Kier alpha value is -2.29. The van der Waals surface area contributed by atoms with Gasteiger partial charge in [-0.3, -0.25) is 9.59 Å². The molecule has 3 rings (SSSR count). The van der Waals surface area contributed by atoms with Gasteiger partial charge >= 0.3 is 0 Å². The normalized spacial score (nSPS) is 10.7. The molecule has 0 saturated carbocycles. The standard InChI is InChI=1S/C16H13IN4O2/c1-9-3-4-11(15(17)23)5-13(9)20-16-14-10(2)12(7-22)6-21(14)19-8-18-16/h3-8H,1-2H3,(H,18,19,20). The van der Waals surface area contributed by atoms with Crippen molar-refractivity contribution in [1.29, 1.82) is 0 Å². The summed E-state index contributed by atoms with van der Waals surface area (Å²) in [6.07, 6.45) is 3.89. The van der Waals surface area contributed by atoms with E-state index >= 15 is 0 Å². The summed E-state index contributed by atoms with van der Waals surface area (Å²) in [5.74, 6) is 0.590. The van der Waals surface area contributed by atoms with Crippen LogP contribution in [0.15, 0.2) is 30.7 Å². The summed E-state index contributed by atoms with van der Waals surface area (Å²) < 4.78 is 1.59. The van der Waals surface area contributed by atoms with E-state index < -0.39 is 0 Å². The number of halogens is 1. The summed E-state index contributed by atoms with van der Waals surface area (Å²) in [6.45, 7) is 3.80. The molecule has 7 heteroatoms. The van der Waals surface area contributed by atoms with Gasteiger partial charge < -0.3 is 5.32 Å². The van der Waals surface area contributed by atoms with Crippen LogP contribution < -0.4 is 5.32 Å². The Morgan fingerprint density at radius 1 is 1.35 bits per heavy atom. The Morgan fingerprint density at radius 3 is 2.83 bits per heavy atom. The van der Waals surface area contributed by atoms with Gasteiger partial charge in [0.15, 0.2) is 12.1 Å². The third-order valence-corrected chi connectivity index (χ3v) is 4.33. The number of aryl methyl sites for hydroxylation is 2. The van der Waals surface area contributed by atoms with Gasteiger partial charge in [-0.05, 0) is 31.0 Å². The van der Waals surface area contributed by atoms with Crippen LogP contribution in [0.5, 0.6) is 0 Å². The van der Waals surface area contributed by atoms with Crippen molar-refractivity contribution in [3.8, 4) is 0 Å². The largest absolute Gasteiger partial charge is 0.338 e. The highest BCUT2D eigenvalue weighted by atomic mass is 127. The number of fused-ring (bicyclic) bond motifs is 1. The van der Waals surface area contributed by atoms with Crippen LogP contribution in [-0.4, -0.2) is 24.7 Å². The molecule has 6 nitrogen and oxygen atoms in total. The third-order valence-electron chi connectivity index (χ3n) is 3.71. The molecular weight excluding hydrogens is 407 g/mol. The van der Waals surface area contributed by atoms with Gasteiger partial charge in [-0.15, -0.1) is 0 Å². The van der Waals surface area contributed by atoms with Crippen LogP contribution in [0.1, 0.15) is 31.8 Å². The molecule has 1 aromatic carbocycles. The van der Waals surface area contributed by atoms with Crippen LogP contribution in [0, 0.1) is 13.8 Å². The second-order valence-corrected chi connectivity index (χ2v) is 6.14. The predicted molar refractivity (Wildman–Crippen MR) is 95.9 cm³/mol. The van der Waals surface area contributed by atoms with Crippen molar-refractivity contribution in [1.82, 2.24) is 14.6 Å². The molecule has 0 bridgehead atoms. The fourth-order valence-corrected chi connectivity index (χ4v) is 2.73. The van der Waals surface area contributed by atoms with Crippen molar-refractivity contribution in [3.05, 3.63) is 53.0 Å². The van der Waals surface area contributed by atoms with Gasteiger partial charge in [0.05, 0.1) is 0 Å². The highest BCUT2D eigenvalue weighted by Gasteiger charge is 2.13. The van der Waals surface area contributed by atoms with Gasteiger partial charge in [0.1, 0.15) is 11.8 Å². The summed E-state index contributed by atoms with van der Waals surface area (Å²) in [5.41, 5.74) is 4.51. The van der Waals surface area contributed by atoms with Gasteiger partial charge in [0.25, 0.3) is 0 Å². The fraction of sp³-hybridized carbons (Fsp3) is 0.125. The summed E-state index contributed by atoms with van der Waals surface area (Å²) in [5, 5.41) is 7.38. The topological polar surface area (TPSA) is 76.4 Å². The first-order chi connectivity index (χ1) is 11.0. The zero-order valence-corrected chi connectivity index (χ0v) is 14.7. The summed E-state index contributed by atoms with van der Waals surface area (Å²) >= 11 is 1.76. The van der Waals surface area contributed by atoms with Crippen LogP contribution in [0.2, 0.25) is 0 Å². The van der Waals surface area contributed by atoms with E-state index in [9.17, 15) is 9.59 Å². The minimum atomic E-state index is -0.0272. The minimum absolute atomic E-state index is 0.0272. The van der Waals surface area contributed by atoms with Crippen molar-refractivity contribution in [2.75, 3.05) is 5.32 Å². The summed E-state index contributed by atoms with van der Waals surface area (Å²) in [4.78, 5) is 27.0. The van der Waals surface area contributed by atoms with E-state index in [1.807, 2.05) is 19.9 Å². The van der Waals surface area contributed by atoms with Crippen molar-refractivity contribution in [2.24, 2.45) is 0 Å². The molecule has 0 aliphatic heterocycles. The number of carbonyl (C=O) groups is 2. The molecule has 0 aliphatic rings. The molecule has 0 fully saturated rings. The first-order valence-corrected chi connectivity index (χ1v) is 7.94. The lowest BCUT2D eigenvalue weighted by atomic mass is 10.1. The van der Waals surface area contributed by atoms with E-state index in [4.69, 9.17) is 0 Å². The van der Waals surface area contributed by atoms with Gasteiger partial charge in [0.2, 0.25) is 3.79 Å². The van der Waals surface area contributed by atoms with Gasteiger partial charge in [-0.25, -0.2) is 9.50 Å². The maximum atomic E-state index is 11.6. The monoisotopic (exact) mass is 420 g/mol. The molecule has 0 amide bonds. The zero-order chi connectivity index (χ0) is 16.6. The maximum Gasteiger partial charge on any atom is 0.222 e. The quantitative estimate of drug-likeness (QED) is 0.398. The first-order valence-electron chi connectivity index (χ1n) is 6.87. The lowest BCUT2D eigenvalue weighted by Gasteiger charge is -2.11. The van der Waals surface area contributed by atoms with Crippen molar-refractivity contribution in [3.63, 3.8) is 0 Å². The first kappa shape index (κ1) is 15.6. The van der Waals surface area contributed by atoms with Gasteiger partial charge in [-0.2, -0.15) is 5.10 Å². The van der Waals surface area contributed by atoms with Crippen LogP contribution in [-0.2, 0) is 0 Å².